The van der Waals surface area contributed by atoms with Crippen LogP contribution in [0.15, 0.2) is 62.4 Å². The summed E-state index contributed by atoms with van der Waals surface area (Å²) in [5.41, 5.74) is 1.59. The molecule has 0 fully saturated rings. The van der Waals surface area contributed by atoms with E-state index in [2.05, 4.69) is 4.98 Å². The fourth-order valence-electron chi connectivity index (χ4n) is 2.31. The molecule has 23 heavy (non-hydrogen) atoms. The third-order valence-corrected chi connectivity index (χ3v) is 5.16. The van der Waals surface area contributed by atoms with Gasteiger partial charge in [-0.05, 0) is 23.1 Å². The molecule has 0 N–H and O–H groups in total. The first-order chi connectivity index (χ1) is 11.3. The highest BCUT2D eigenvalue weighted by Crippen LogP contribution is 2.33. The van der Waals surface area contributed by atoms with Crippen LogP contribution >= 0.6 is 22.7 Å². The summed E-state index contributed by atoms with van der Waals surface area (Å²) in [5.74, 6) is 0.325. The van der Waals surface area contributed by atoms with E-state index in [1.54, 1.807) is 17.4 Å². The summed E-state index contributed by atoms with van der Waals surface area (Å²) in [7, 11) is 0. The lowest BCUT2D eigenvalue weighted by Gasteiger charge is -1.96. The molecule has 0 aliphatic heterocycles. The maximum atomic E-state index is 12.4. The van der Waals surface area contributed by atoms with Gasteiger partial charge in [0.2, 0.25) is 5.89 Å². The summed E-state index contributed by atoms with van der Waals surface area (Å²) in [4.78, 5) is 18.6. The number of benzene rings is 1. The minimum Gasteiger partial charge on any atom is -0.404 e. The number of hydrogen-bond acceptors (Lipinski definition) is 5. The quantitative estimate of drug-likeness (QED) is 0.519. The summed E-state index contributed by atoms with van der Waals surface area (Å²) in [5, 5.41) is 4.52. The van der Waals surface area contributed by atoms with E-state index in [0.717, 1.165) is 16.0 Å². The molecule has 0 aliphatic rings. The van der Waals surface area contributed by atoms with E-state index in [4.69, 9.17) is 4.42 Å². The Bertz CT molecular complexity index is 1030. The van der Waals surface area contributed by atoms with Crippen molar-refractivity contribution in [3.63, 3.8) is 0 Å². The number of nitrogens with zero attached hydrogens (tertiary/aromatic N) is 1. The van der Waals surface area contributed by atoms with E-state index in [1.807, 2.05) is 59.3 Å². The smallest absolute Gasteiger partial charge is 0.348 e. The first-order valence-corrected chi connectivity index (χ1v) is 8.76. The minimum absolute atomic E-state index is 0.325. The van der Waals surface area contributed by atoms with E-state index < -0.39 is 0 Å². The van der Waals surface area contributed by atoms with Gasteiger partial charge in [0.25, 0.3) is 0 Å². The van der Waals surface area contributed by atoms with Crippen LogP contribution in [0.1, 0.15) is 11.5 Å². The van der Waals surface area contributed by atoms with Crippen LogP contribution in [-0.2, 0) is 0 Å². The first-order valence-electron chi connectivity index (χ1n) is 7.00. The highest BCUT2D eigenvalue weighted by molar-refractivity contribution is 7.18. The molecule has 3 aromatic heterocycles. The van der Waals surface area contributed by atoms with Gasteiger partial charge >= 0.3 is 5.63 Å². The van der Waals surface area contributed by atoms with Crippen molar-refractivity contribution in [2.45, 2.75) is 0 Å². The molecule has 0 saturated carbocycles. The molecule has 4 rings (SSSR count). The molecule has 0 saturated heterocycles. The molecule has 0 bridgehead atoms. The van der Waals surface area contributed by atoms with Crippen molar-refractivity contribution in [2.75, 3.05) is 0 Å². The molecule has 0 radical (unpaired) electrons. The lowest BCUT2D eigenvalue weighted by atomic mass is 10.2. The van der Waals surface area contributed by atoms with Crippen LogP contribution in [0.25, 0.3) is 32.8 Å². The molecule has 0 aliphatic carbocycles. The molecule has 3 nitrogen and oxygen atoms in total. The second-order valence-electron chi connectivity index (χ2n) is 4.89. The lowest BCUT2D eigenvalue weighted by Crippen LogP contribution is -2.01. The van der Waals surface area contributed by atoms with Crippen molar-refractivity contribution in [1.82, 2.24) is 4.98 Å². The maximum Gasteiger partial charge on any atom is 0.348 e. The van der Waals surface area contributed by atoms with Crippen molar-refractivity contribution in [3.05, 3.63) is 75.1 Å². The van der Waals surface area contributed by atoms with E-state index >= 15 is 0 Å². The molecule has 0 amide bonds. The van der Waals surface area contributed by atoms with Gasteiger partial charge in [-0.1, -0.05) is 36.4 Å². The van der Waals surface area contributed by atoms with Crippen LogP contribution in [0.5, 0.6) is 0 Å². The van der Waals surface area contributed by atoms with Crippen molar-refractivity contribution in [3.8, 4) is 10.4 Å². The number of thiophene rings is 2. The van der Waals surface area contributed by atoms with Gasteiger partial charge in [-0.15, -0.1) is 22.7 Å². The summed E-state index contributed by atoms with van der Waals surface area (Å²) in [6, 6.07) is 13.8. The van der Waals surface area contributed by atoms with Crippen molar-refractivity contribution < 1.29 is 4.42 Å². The second kappa shape index (κ2) is 5.95. The van der Waals surface area contributed by atoms with Crippen LogP contribution in [-0.4, -0.2) is 4.98 Å². The Morgan fingerprint density at radius 2 is 1.87 bits per heavy atom. The number of fused-ring (bicyclic) bond motifs is 1. The SMILES string of the molecule is O=c1oc(/C=C\c2ccccc2)nc2scc(-c3cccs3)c12. The standard InChI is InChI=1S/C18H11NO2S2/c20-18-16-13(14-7-4-10-22-14)11-23-17(16)19-15(21-18)9-8-12-5-2-1-3-6-12/h1-11H/b9-8-. The summed E-state index contributed by atoms with van der Waals surface area (Å²) in [6.07, 6.45) is 3.60. The Hall–Kier alpha value is -2.50. The second-order valence-corrected chi connectivity index (χ2v) is 6.70. The fourth-order valence-corrected chi connectivity index (χ4v) is 4.06. The van der Waals surface area contributed by atoms with Crippen LogP contribution in [0.4, 0.5) is 0 Å². The fraction of sp³-hybridized carbons (Fsp3) is 0. The lowest BCUT2D eigenvalue weighted by molar-refractivity contribution is 0.491. The van der Waals surface area contributed by atoms with E-state index in [0.29, 0.717) is 16.1 Å². The number of hydrogen-bond donors (Lipinski definition) is 0. The molecular formula is C18H11NO2S2. The zero-order valence-corrected chi connectivity index (χ0v) is 13.6. The van der Waals surface area contributed by atoms with E-state index in [1.165, 1.54) is 11.3 Å². The van der Waals surface area contributed by atoms with Gasteiger partial charge in [0, 0.05) is 21.9 Å². The van der Waals surface area contributed by atoms with Gasteiger partial charge in [0.1, 0.15) is 10.2 Å². The van der Waals surface area contributed by atoms with Gasteiger partial charge in [-0.3, -0.25) is 0 Å². The first kappa shape index (κ1) is 14.1. The number of aromatic nitrogens is 1. The Labute approximate surface area is 140 Å². The van der Waals surface area contributed by atoms with Gasteiger partial charge < -0.3 is 4.42 Å². The predicted octanol–water partition coefficient (Wildman–Crippen LogP) is 5.15. The average Bonchev–Trinajstić information content (AvgIpc) is 3.23. The molecule has 3 heterocycles. The third-order valence-electron chi connectivity index (χ3n) is 3.39. The molecule has 0 unspecified atom stereocenters. The van der Waals surface area contributed by atoms with Gasteiger partial charge in [-0.2, -0.15) is 0 Å². The zero-order chi connectivity index (χ0) is 15.6. The maximum absolute atomic E-state index is 12.4. The van der Waals surface area contributed by atoms with Crippen LogP contribution in [0.3, 0.4) is 0 Å². The highest BCUT2D eigenvalue weighted by Gasteiger charge is 2.14. The minimum atomic E-state index is -0.340. The summed E-state index contributed by atoms with van der Waals surface area (Å²) in [6.45, 7) is 0. The topological polar surface area (TPSA) is 43.1 Å². The van der Waals surface area contributed by atoms with Gasteiger partial charge in [0.15, 0.2) is 0 Å². The predicted molar refractivity (Wildman–Crippen MR) is 96.8 cm³/mol. The van der Waals surface area contributed by atoms with Gasteiger partial charge in [-0.25, -0.2) is 9.78 Å². The molecule has 4 aromatic rings. The Balaban J connectivity index is 1.77. The average molecular weight is 337 g/mol. The monoisotopic (exact) mass is 337 g/mol. The Morgan fingerprint density at radius 3 is 2.65 bits per heavy atom. The molecule has 112 valence electrons. The van der Waals surface area contributed by atoms with Crippen LogP contribution in [0, 0.1) is 0 Å². The van der Waals surface area contributed by atoms with Gasteiger partial charge in [0.05, 0.1) is 0 Å². The van der Waals surface area contributed by atoms with Crippen LogP contribution in [0.2, 0.25) is 0 Å². The highest BCUT2D eigenvalue weighted by atomic mass is 32.1. The van der Waals surface area contributed by atoms with Crippen LogP contribution < -0.4 is 5.63 Å². The molecule has 0 spiro atoms. The van der Waals surface area contributed by atoms with Crippen molar-refractivity contribution in [1.29, 1.82) is 0 Å². The molecule has 0 atom stereocenters. The largest absolute Gasteiger partial charge is 0.404 e. The summed E-state index contributed by atoms with van der Waals surface area (Å²) >= 11 is 3.06. The van der Waals surface area contributed by atoms with E-state index in [9.17, 15) is 4.79 Å². The van der Waals surface area contributed by atoms with Crippen molar-refractivity contribution in [2.24, 2.45) is 0 Å². The Kier molecular flexibility index (Phi) is 3.65. The Morgan fingerprint density at radius 1 is 1.00 bits per heavy atom. The molecular weight excluding hydrogens is 326 g/mol. The normalized spacial score (nSPS) is 11.5. The number of rotatable bonds is 3. The molecule has 1 aromatic carbocycles. The van der Waals surface area contributed by atoms with E-state index in [-0.39, 0.29) is 5.63 Å². The third kappa shape index (κ3) is 2.76. The summed E-state index contributed by atoms with van der Waals surface area (Å²) < 4.78 is 5.37. The molecule has 5 heteroatoms. The van der Waals surface area contributed by atoms with Crippen molar-refractivity contribution >= 4 is 45.0 Å². The zero-order valence-electron chi connectivity index (χ0n) is 11.9.